The summed E-state index contributed by atoms with van der Waals surface area (Å²) in [6, 6.07) is 22.6. The fourth-order valence-electron chi connectivity index (χ4n) is 10.5. The second-order valence-corrected chi connectivity index (χ2v) is 20.2. The molecule has 4 heterocycles. The number of hydrogen-bond donors (Lipinski definition) is 4. The van der Waals surface area contributed by atoms with Crippen LogP contribution >= 0.6 is 0 Å². The van der Waals surface area contributed by atoms with Crippen LogP contribution in [0.4, 0.5) is 17.1 Å². The number of aromatic nitrogens is 2. The van der Waals surface area contributed by atoms with Crippen molar-refractivity contribution in [2.45, 2.75) is 107 Å². The van der Waals surface area contributed by atoms with Crippen LogP contribution in [0.3, 0.4) is 0 Å². The molecule has 1 amide bonds. The topological polar surface area (TPSA) is 183 Å². The van der Waals surface area contributed by atoms with E-state index in [-0.39, 0.29) is 29.5 Å². The zero-order valence-electron chi connectivity index (χ0n) is 36.5. The number of ether oxygens (including phenoxy) is 1. The van der Waals surface area contributed by atoms with Gasteiger partial charge in [0.1, 0.15) is 22.8 Å². The van der Waals surface area contributed by atoms with Gasteiger partial charge in [0.25, 0.3) is 21.6 Å². The van der Waals surface area contributed by atoms with Crippen LogP contribution in [0.1, 0.15) is 117 Å². The minimum atomic E-state index is -4.57. The molecule has 3 aromatic carbocycles. The number of likely N-dealkylation sites (tertiary alicyclic amines) is 1. The highest BCUT2D eigenvalue weighted by Gasteiger charge is 2.50. The Balaban J connectivity index is 0.897. The minimum Gasteiger partial charge on any atom is -0.455 e. The molecule has 2 aliphatic carbocycles. The highest BCUT2D eigenvalue weighted by atomic mass is 32.2. The van der Waals surface area contributed by atoms with Gasteiger partial charge in [-0.2, -0.15) is 0 Å². The van der Waals surface area contributed by atoms with Crippen molar-refractivity contribution in [3.05, 3.63) is 112 Å². The number of carbonyl (C=O) groups is 1. The van der Waals surface area contributed by atoms with E-state index < -0.39 is 31.4 Å². The minimum absolute atomic E-state index is 0.000934. The Morgan fingerprint density at radius 3 is 2.56 bits per heavy atom. The molecule has 4 fully saturated rings. The number of benzene rings is 3. The van der Waals surface area contributed by atoms with E-state index in [1.54, 1.807) is 41.7 Å². The van der Waals surface area contributed by atoms with Gasteiger partial charge in [0, 0.05) is 67.7 Å². The molecule has 338 valence electrons. The van der Waals surface area contributed by atoms with E-state index in [1.165, 1.54) is 57.2 Å². The van der Waals surface area contributed by atoms with Gasteiger partial charge in [-0.3, -0.25) is 19.8 Å². The van der Waals surface area contributed by atoms with E-state index in [0.29, 0.717) is 41.9 Å². The molecule has 9 rings (SSSR count). The number of anilines is 2. The van der Waals surface area contributed by atoms with Crippen molar-refractivity contribution in [1.29, 1.82) is 0 Å². The SMILES string of the molecule is CCCC[C@H](CCO)CNc1ccc(S(=O)(=O)NC(=O)c2ccc(N3CCC4(CC3)CC(N3CCC[C@H]3c3ccccc3C3CC3)C4)cc2Oc2cnc3[nH]ccc3c2)cc1[N+](=O)[O-]. The Labute approximate surface area is 375 Å². The number of unbranched alkanes of at least 4 members (excludes halogenated alkanes) is 1. The van der Waals surface area contributed by atoms with Crippen LogP contribution in [0.25, 0.3) is 11.0 Å². The van der Waals surface area contributed by atoms with Gasteiger partial charge in [0.15, 0.2) is 0 Å². The molecule has 0 radical (unpaired) electrons. The van der Waals surface area contributed by atoms with Gasteiger partial charge in [0.05, 0.1) is 21.6 Å². The zero-order valence-corrected chi connectivity index (χ0v) is 37.3. The first-order chi connectivity index (χ1) is 31.0. The molecule has 4 aliphatic rings. The van der Waals surface area contributed by atoms with Crippen LogP contribution in [0.5, 0.6) is 11.5 Å². The summed E-state index contributed by atoms with van der Waals surface area (Å²) < 4.78 is 36.0. The number of H-pyrrole nitrogens is 1. The highest BCUT2D eigenvalue weighted by molar-refractivity contribution is 7.90. The Hall–Kier alpha value is -5.51. The molecule has 15 heteroatoms. The van der Waals surface area contributed by atoms with Gasteiger partial charge in [-0.25, -0.2) is 18.1 Å². The third kappa shape index (κ3) is 9.34. The van der Waals surface area contributed by atoms with Crippen molar-refractivity contribution in [3.63, 3.8) is 0 Å². The van der Waals surface area contributed by atoms with Crippen LogP contribution in [-0.2, 0) is 10.0 Å². The van der Waals surface area contributed by atoms with E-state index in [2.05, 4.69) is 61.0 Å². The molecular weight excluding hydrogens is 831 g/mol. The van der Waals surface area contributed by atoms with Crippen molar-refractivity contribution < 1.29 is 28.0 Å². The smallest absolute Gasteiger partial charge is 0.293 e. The Bertz CT molecular complexity index is 2600. The lowest BCUT2D eigenvalue weighted by molar-refractivity contribution is -0.384. The van der Waals surface area contributed by atoms with Crippen molar-refractivity contribution in [2.75, 3.05) is 43.0 Å². The van der Waals surface area contributed by atoms with Crippen LogP contribution in [0, 0.1) is 21.4 Å². The van der Waals surface area contributed by atoms with Gasteiger partial charge in [0.2, 0.25) is 0 Å². The van der Waals surface area contributed by atoms with Gasteiger partial charge in [-0.1, -0.05) is 44.0 Å². The lowest BCUT2D eigenvalue weighted by atomic mass is 9.59. The van der Waals surface area contributed by atoms with Crippen LogP contribution in [0.2, 0.25) is 0 Å². The molecule has 2 atom stereocenters. The average molecular weight is 890 g/mol. The number of nitro benzene ring substituents is 1. The second kappa shape index (κ2) is 18.5. The number of aliphatic hydroxyl groups is 1. The molecule has 0 bridgehead atoms. The maximum Gasteiger partial charge on any atom is 0.293 e. The monoisotopic (exact) mass is 889 g/mol. The number of fused-ring (bicyclic) bond motifs is 1. The molecular formula is C49H59N7O7S. The summed E-state index contributed by atoms with van der Waals surface area (Å²) in [7, 11) is -4.57. The van der Waals surface area contributed by atoms with Crippen molar-refractivity contribution in [3.8, 4) is 11.5 Å². The molecule has 64 heavy (non-hydrogen) atoms. The molecule has 0 unspecified atom stereocenters. The number of piperidine rings is 1. The van der Waals surface area contributed by atoms with Crippen molar-refractivity contribution in [2.24, 2.45) is 11.3 Å². The van der Waals surface area contributed by atoms with E-state index >= 15 is 0 Å². The van der Waals surface area contributed by atoms with Crippen LogP contribution < -0.4 is 19.7 Å². The predicted molar refractivity (Wildman–Crippen MR) is 248 cm³/mol. The lowest BCUT2D eigenvalue weighted by Crippen LogP contribution is -2.54. The first-order valence-corrected chi connectivity index (χ1v) is 24.6. The summed E-state index contributed by atoms with van der Waals surface area (Å²) in [5, 5.41) is 25.6. The first kappa shape index (κ1) is 43.7. The maximum absolute atomic E-state index is 14.0. The zero-order chi connectivity index (χ0) is 44.4. The number of rotatable bonds is 18. The summed E-state index contributed by atoms with van der Waals surface area (Å²) >= 11 is 0. The van der Waals surface area contributed by atoms with Gasteiger partial charge in [-0.15, -0.1) is 0 Å². The number of aromatic amines is 1. The summed E-state index contributed by atoms with van der Waals surface area (Å²) in [6.07, 6.45) is 16.3. The van der Waals surface area contributed by atoms with E-state index in [4.69, 9.17) is 4.74 Å². The van der Waals surface area contributed by atoms with Gasteiger partial charge in [-0.05, 0) is 136 Å². The first-order valence-electron chi connectivity index (χ1n) is 23.1. The number of aliphatic hydroxyl groups excluding tert-OH is 1. The van der Waals surface area contributed by atoms with Crippen molar-refractivity contribution >= 4 is 44.0 Å². The van der Waals surface area contributed by atoms with E-state index in [1.807, 2.05) is 12.1 Å². The Kier molecular flexibility index (Phi) is 12.7. The standard InChI is InChI=1S/C49H59N7O7S/c1-2-3-7-33(18-25-57)31-51-43-16-14-39(28-45(43)56(59)60)64(61,62)53-48(58)42-15-13-36(27-46(42)63-38-26-35-17-21-50-47(35)52-32-38)54-23-19-49(20-24-54)29-37(30-49)55-22-6-10-44(55)41-9-5-4-8-40(41)34-11-12-34/h4-5,8-9,13-17,21,26-28,32-34,37,44,51,57H,2-3,6-7,10-12,18-20,22-25,29-31H2,1H3,(H,50,52)(H,53,58)/t33-,44+/m1/s1. The van der Waals surface area contributed by atoms with Crippen LogP contribution in [0.15, 0.2) is 90.1 Å². The number of sulfonamides is 1. The highest BCUT2D eigenvalue weighted by Crippen LogP contribution is 2.55. The molecule has 5 aromatic rings. The number of hydrogen-bond acceptors (Lipinski definition) is 11. The Morgan fingerprint density at radius 1 is 1.02 bits per heavy atom. The second-order valence-electron chi connectivity index (χ2n) is 18.5. The Morgan fingerprint density at radius 2 is 1.81 bits per heavy atom. The normalized spacial score (nSPS) is 19.4. The molecule has 2 saturated carbocycles. The molecule has 14 nitrogen and oxygen atoms in total. The maximum atomic E-state index is 14.0. The molecule has 2 aromatic heterocycles. The third-order valence-electron chi connectivity index (χ3n) is 14.3. The predicted octanol–water partition coefficient (Wildman–Crippen LogP) is 9.45. The summed E-state index contributed by atoms with van der Waals surface area (Å²) in [6.45, 7) is 5.32. The fourth-order valence-corrected chi connectivity index (χ4v) is 11.5. The number of nitrogens with zero attached hydrogens (tertiary/aromatic N) is 4. The summed E-state index contributed by atoms with van der Waals surface area (Å²) in [5.74, 6) is 0.416. The van der Waals surface area contributed by atoms with E-state index in [0.717, 1.165) is 68.3 Å². The lowest BCUT2D eigenvalue weighted by Gasteiger charge is -2.56. The number of amides is 1. The molecule has 4 N–H and O–H groups in total. The largest absolute Gasteiger partial charge is 0.455 e. The van der Waals surface area contributed by atoms with E-state index in [9.17, 15) is 28.4 Å². The number of nitrogens with one attached hydrogen (secondary N) is 3. The molecule has 2 saturated heterocycles. The average Bonchev–Trinajstić information content (AvgIpc) is 3.83. The van der Waals surface area contributed by atoms with Crippen molar-refractivity contribution in [1.82, 2.24) is 19.6 Å². The quantitative estimate of drug-likeness (QED) is 0.0486. The third-order valence-corrected chi connectivity index (χ3v) is 15.6. The number of nitro groups is 1. The number of carbonyl (C=O) groups excluding carboxylic acids is 1. The van der Waals surface area contributed by atoms with Crippen LogP contribution in [-0.4, -0.2) is 78.1 Å². The summed E-state index contributed by atoms with van der Waals surface area (Å²) in [4.78, 5) is 37.7. The van der Waals surface area contributed by atoms with Gasteiger partial charge >= 0.3 is 0 Å². The number of pyridine rings is 1. The fraction of sp³-hybridized carbons (Fsp3) is 0.469. The summed E-state index contributed by atoms with van der Waals surface area (Å²) in [5.41, 5.74) is 4.68. The van der Waals surface area contributed by atoms with Gasteiger partial charge < -0.3 is 25.0 Å². The molecule has 1 spiro atoms. The molecule has 2 aliphatic heterocycles.